The van der Waals surface area contributed by atoms with Gasteiger partial charge in [-0.1, -0.05) is 6.07 Å². The molecule has 2 aromatic heterocycles. The monoisotopic (exact) mass is 473 g/mol. The number of aryl methyl sites for hydroxylation is 1. The Morgan fingerprint density at radius 1 is 1.21 bits per heavy atom. The number of aromatic nitrogens is 2. The van der Waals surface area contributed by atoms with Gasteiger partial charge >= 0.3 is 6.36 Å². The second-order valence-electron chi connectivity index (χ2n) is 7.55. The van der Waals surface area contributed by atoms with E-state index in [9.17, 15) is 31.5 Å². The first-order valence-electron chi connectivity index (χ1n) is 9.72. The lowest BCUT2D eigenvalue weighted by Crippen LogP contribution is -2.56. The Morgan fingerprint density at radius 3 is 2.61 bits per heavy atom. The number of hydrogen-bond donors (Lipinski definition) is 2. The molecule has 1 aliphatic heterocycles. The first-order chi connectivity index (χ1) is 15.3. The number of hydrogen-bond acceptors (Lipinski definition) is 6. The molecule has 2 amide bonds. The first kappa shape index (κ1) is 24.1. The highest BCUT2D eigenvalue weighted by molar-refractivity contribution is 5.94. The third-order valence-electron chi connectivity index (χ3n) is 4.62. The van der Waals surface area contributed by atoms with Gasteiger partial charge in [0.25, 0.3) is 11.8 Å². The molecule has 0 radical (unpaired) electrons. The largest absolute Gasteiger partial charge is 0.573 e. The van der Waals surface area contributed by atoms with Crippen LogP contribution >= 0.6 is 0 Å². The molecule has 3 rings (SSSR count). The van der Waals surface area contributed by atoms with Gasteiger partial charge in [0.05, 0.1) is 12.6 Å². The number of anilines is 2. The summed E-state index contributed by atoms with van der Waals surface area (Å²) in [6.07, 6.45) is -4.39. The zero-order chi connectivity index (χ0) is 24.4. The maximum Gasteiger partial charge on any atom is 0.573 e. The van der Waals surface area contributed by atoms with Crippen LogP contribution in [0.3, 0.4) is 0 Å². The van der Waals surface area contributed by atoms with E-state index in [-0.39, 0.29) is 23.9 Å². The third kappa shape index (κ3) is 6.73. The predicted octanol–water partition coefficient (Wildman–Crippen LogP) is 3.41. The molecular formula is C20H20F5N5O3. The molecule has 3 heterocycles. The van der Waals surface area contributed by atoms with Gasteiger partial charge in [-0.15, -0.1) is 13.2 Å². The second kappa shape index (κ2) is 9.16. The van der Waals surface area contributed by atoms with Crippen LogP contribution in [0.25, 0.3) is 0 Å². The Kier molecular flexibility index (Phi) is 6.70. The fourth-order valence-electron chi connectivity index (χ4n) is 3.41. The van der Waals surface area contributed by atoms with Crippen molar-refractivity contribution in [3.63, 3.8) is 0 Å². The molecule has 0 bridgehead atoms. The lowest BCUT2D eigenvalue weighted by Gasteiger charge is -2.37. The highest BCUT2D eigenvalue weighted by Gasteiger charge is 2.43. The Hall–Kier alpha value is -3.51. The summed E-state index contributed by atoms with van der Waals surface area (Å²) in [6.45, 7) is 1.81. The van der Waals surface area contributed by atoms with Gasteiger partial charge in [-0.05, 0) is 24.6 Å². The number of carbonyl (C=O) groups excluding carboxylic acids is 2. The number of piperidine rings is 1. The molecule has 0 aliphatic carbocycles. The van der Waals surface area contributed by atoms with E-state index in [0.717, 1.165) is 23.2 Å². The quantitative estimate of drug-likeness (QED) is 0.647. The number of nitrogens with zero attached hydrogens (tertiary/aromatic N) is 3. The Balaban J connectivity index is 1.80. The summed E-state index contributed by atoms with van der Waals surface area (Å²) in [7, 11) is 0. The molecule has 8 nitrogen and oxygen atoms in total. The van der Waals surface area contributed by atoms with Crippen molar-refractivity contribution in [1.29, 1.82) is 0 Å². The van der Waals surface area contributed by atoms with E-state index in [1.54, 1.807) is 6.92 Å². The molecule has 0 spiro atoms. The van der Waals surface area contributed by atoms with Crippen molar-refractivity contribution < 1.29 is 36.3 Å². The van der Waals surface area contributed by atoms with E-state index in [2.05, 4.69) is 25.3 Å². The van der Waals surface area contributed by atoms with Gasteiger partial charge < -0.3 is 20.3 Å². The van der Waals surface area contributed by atoms with Gasteiger partial charge in [0.15, 0.2) is 0 Å². The van der Waals surface area contributed by atoms with Crippen LogP contribution in [0.4, 0.5) is 33.6 Å². The topological polar surface area (TPSA) is 96.5 Å². The first-order valence-corrected chi connectivity index (χ1v) is 9.72. The van der Waals surface area contributed by atoms with Gasteiger partial charge in [0.2, 0.25) is 5.91 Å². The van der Waals surface area contributed by atoms with Crippen molar-refractivity contribution in [2.45, 2.75) is 38.6 Å². The minimum absolute atomic E-state index is 0.0401. The lowest BCUT2D eigenvalue weighted by atomic mass is 10.0. The lowest BCUT2D eigenvalue weighted by molar-refractivity contribution is -0.274. The molecule has 1 unspecified atom stereocenters. The van der Waals surface area contributed by atoms with Crippen LogP contribution in [0.2, 0.25) is 0 Å². The Labute approximate surface area is 185 Å². The van der Waals surface area contributed by atoms with E-state index in [4.69, 9.17) is 0 Å². The van der Waals surface area contributed by atoms with Gasteiger partial charge in [0.1, 0.15) is 23.1 Å². The Morgan fingerprint density at radius 2 is 1.94 bits per heavy atom. The van der Waals surface area contributed by atoms with Crippen molar-refractivity contribution >= 4 is 23.5 Å². The molecule has 0 aromatic carbocycles. The number of amides is 2. The van der Waals surface area contributed by atoms with Crippen LogP contribution in [0.1, 0.15) is 29.4 Å². The standard InChI is InChI=1S/C20H20F5N5O3/c1-11-3-4-15(28-16-7-14(5-6-26-16)33-20(23,24)25)29-17(11)18(32)30-9-13(27-12(2)31)8-19(21,22)10-30/h3-7,13H,8-10H2,1-2H3,(H,27,31)(H,26,28,29). The maximum absolute atomic E-state index is 14.2. The van der Waals surface area contributed by atoms with Crippen LogP contribution in [-0.2, 0) is 4.79 Å². The summed E-state index contributed by atoms with van der Waals surface area (Å²) in [5, 5.41) is 5.07. The van der Waals surface area contributed by atoms with Crippen molar-refractivity contribution in [2.75, 3.05) is 18.4 Å². The van der Waals surface area contributed by atoms with E-state index in [1.165, 1.54) is 19.1 Å². The summed E-state index contributed by atoms with van der Waals surface area (Å²) < 4.78 is 69.4. The van der Waals surface area contributed by atoms with E-state index >= 15 is 0 Å². The van der Waals surface area contributed by atoms with Gasteiger partial charge in [-0.2, -0.15) is 0 Å². The molecule has 33 heavy (non-hydrogen) atoms. The fourth-order valence-corrected chi connectivity index (χ4v) is 3.41. The molecule has 1 saturated heterocycles. The maximum atomic E-state index is 14.2. The zero-order valence-corrected chi connectivity index (χ0v) is 17.5. The minimum Gasteiger partial charge on any atom is -0.406 e. The van der Waals surface area contributed by atoms with Crippen LogP contribution in [0.15, 0.2) is 30.5 Å². The molecule has 2 N–H and O–H groups in total. The van der Waals surface area contributed by atoms with Crippen LogP contribution < -0.4 is 15.4 Å². The van der Waals surface area contributed by atoms with Crippen molar-refractivity contribution in [3.05, 3.63) is 41.7 Å². The number of halogens is 5. The Bertz CT molecular complexity index is 1050. The molecule has 1 atom stereocenters. The summed E-state index contributed by atoms with van der Waals surface area (Å²) in [5.41, 5.74) is 0.277. The zero-order valence-electron chi connectivity index (χ0n) is 17.5. The SMILES string of the molecule is CC(=O)NC1CN(C(=O)c2nc(Nc3cc(OC(F)(F)F)ccn3)ccc2C)CC(F)(F)C1. The molecule has 178 valence electrons. The van der Waals surface area contributed by atoms with Crippen molar-refractivity contribution in [3.8, 4) is 5.75 Å². The number of alkyl halides is 5. The van der Waals surface area contributed by atoms with Crippen LogP contribution in [-0.4, -0.2) is 58.1 Å². The number of carbonyl (C=O) groups is 2. The van der Waals surface area contributed by atoms with Gasteiger partial charge in [0, 0.05) is 32.2 Å². The molecular weight excluding hydrogens is 453 g/mol. The third-order valence-corrected chi connectivity index (χ3v) is 4.62. The summed E-state index contributed by atoms with van der Waals surface area (Å²) in [6, 6.07) is 4.04. The number of ether oxygens (including phenoxy) is 1. The van der Waals surface area contributed by atoms with Crippen molar-refractivity contribution in [2.24, 2.45) is 0 Å². The number of likely N-dealkylation sites (tertiary alicyclic amines) is 1. The number of rotatable bonds is 5. The van der Waals surface area contributed by atoms with Crippen LogP contribution in [0.5, 0.6) is 5.75 Å². The number of pyridine rings is 2. The molecule has 1 aliphatic rings. The van der Waals surface area contributed by atoms with Gasteiger partial charge in [-0.3, -0.25) is 9.59 Å². The minimum atomic E-state index is -4.88. The number of nitrogens with one attached hydrogen (secondary N) is 2. The highest BCUT2D eigenvalue weighted by atomic mass is 19.4. The summed E-state index contributed by atoms with van der Waals surface area (Å²) >= 11 is 0. The molecule has 2 aromatic rings. The summed E-state index contributed by atoms with van der Waals surface area (Å²) in [4.78, 5) is 33.2. The average molecular weight is 473 g/mol. The molecule has 1 fully saturated rings. The van der Waals surface area contributed by atoms with E-state index < -0.39 is 48.9 Å². The second-order valence-corrected chi connectivity index (χ2v) is 7.55. The van der Waals surface area contributed by atoms with E-state index in [1.807, 2.05) is 0 Å². The average Bonchev–Trinajstić information content (AvgIpc) is 2.66. The van der Waals surface area contributed by atoms with Crippen LogP contribution in [0, 0.1) is 6.92 Å². The van der Waals surface area contributed by atoms with Gasteiger partial charge in [-0.25, -0.2) is 18.7 Å². The molecule has 13 heteroatoms. The molecule has 0 saturated carbocycles. The highest BCUT2D eigenvalue weighted by Crippen LogP contribution is 2.29. The normalized spacial score (nSPS) is 17.9. The fraction of sp³-hybridized carbons (Fsp3) is 0.400. The summed E-state index contributed by atoms with van der Waals surface area (Å²) in [5.74, 6) is -4.96. The van der Waals surface area contributed by atoms with E-state index in [0.29, 0.717) is 5.56 Å². The van der Waals surface area contributed by atoms with Crippen molar-refractivity contribution in [1.82, 2.24) is 20.2 Å². The smallest absolute Gasteiger partial charge is 0.406 e. The predicted molar refractivity (Wildman–Crippen MR) is 106 cm³/mol.